The SMILES string of the molecule is Cc1ccc(NS(=O)(=O)c2cc(C(=O)NCCOc3cccc4ccccc34)ccc2Cl)cc1C. The lowest BCUT2D eigenvalue weighted by Gasteiger charge is -2.13. The molecule has 0 aliphatic rings. The third kappa shape index (κ3) is 5.75. The number of ether oxygens (including phenoxy) is 1. The number of anilines is 1. The lowest BCUT2D eigenvalue weighted by atomic mass is 10.1. The van der Waals surface area contributed by atoms with E-state index < -0.39 is 15.9 Å². The van der Waals surface area contributed by atoms with Gasteiger partial charge in [0.25, 0.3) is 15.9 Å². The third-order valence-electron chi connectivity index (χ3n) is 5.64. The lowest BCUT2D eigenvalue weighted by molar-refractivity contribution is 0.0947. The minimum absolute atomic E-state index is 0.0252. The number of amides is 1. The average Bonchev–Trinajstić information content (AvgIpc) is 2.84. The fourth-order valence-corrected chi connectivity index (χ4v) is 5.19. The Balaban J connectivity index is 1.41. The van der Waals surface area contributed by atoms with Crippen LogP contribution in [0.3, 0.4) is 0 Å². The zero-order valence-electron chi connectivity index (χ0n) is 19.3. The number of aryl methyl sites for hydroxylation is 2. The van der Waals surface area contributed by atoms with Gasteiger partial charge < -0.3 is 10.1 Å². The van der Waals surface area contributed by atoms with Crippen LogP contribution in [0.5, 0.6) is 5.75 Å². The summed E-state index contributed by atoms with van der Waals surface area (Å²) in [5.74, 6) is 0.306. The van der Waals surface area contributed by atoms with Gasteiger partial charge in [-0.05, 0) is 66.8 Å². The number of hydrogen-bond acceptors (Lipinski definition) is 4. The van der Waals surface area contributed by atoms with E-state index in [0.717, 1.165) is 27.6 Å². The van der Waals surface area contributed by atoms with E-state index in [1.54, 1.807) is 12.1 Å². The van der Waals surface area contributed by atoms with Crippen LogP contribution >= 0.6 is 11.6 Å². The van der Waals surface area contributed by atoms with Crippen molar-refractivity contribution in [3.05, 3.63) is 101 Å². The van der Waals surface area contributed by atoms with Gasteiger partial charge >= 0.3 is 0 Å². The second kappa shape index (κ2) is 10.4. The number of carbonyl (C=O) groups is 1. The maximum atomic E-state index is 13.0. The van der Waals surface area contributed by atoms with E-state index in [-0.39, 0.29) is 28.6 Å². The summed E-state index contributed by atoms with van der Waals surface area (Å²) in [5, 5.41) is 4.84. The molecule has 0 spiro atoms. The molecule has 180 valence electrons. The quantitative estimate of drug-likeness (QED) is 0.298. The Kier molecular flexibility index (Phi) is 7.28. The Labute approximate surface area is 209 Å². The summed E-state index contributed by atoms with van der Waals surface area (Å²) in [7, 11) is -4.00. The minimum Gasteiger partial charge on any atom is -0.491 e. The molecule has 0 bridgehead atoms. The molecule has 0 aliphatic heterocycles. The Morgan fingerprint density at radius 2 is 1.69 bits per heavy atom. The smallest absolute Gasteiger partial charge is 0.263 e. The first-order valence-electron chi connectivity index (χ1n) is 11.0. The third-order valence-corrected chi connectivity index (χ3v) is 7.50. The second-order valence-corrected chi connectivity index (χ2v) is 10.2. The molecule has 0 atom stereocenters. The highest BCUT2D eigenvalue weighted by Crippen LogP contribution is 2.27. The van der Waals surface area contributed by atoms with E-state index in [0.29, 0.717) is 5.69 Å². The fraction of sp³-hybridized carbons (Fsp3) is 0.148. The van der Waals surface area contributed by atoms with Crippen LogP contribution < -0.4 is 14.8 Å². The standard InChI is InChI=1S/C27H25ClN2O4S/c1-18-10-12-22(16-19(18)2)30-35(32,33)26-17-21(11-13-24(26)28)27(31)29-14-15-34-25-9-5-7-20-6-3-4-8-23(20)25/h3-13,16-17,30H,14-15H2,1-2H3,(H,29,31). The predicted molar refractivity (Wildman–Crippen MR) is 140 cm³/mol. The van der Waals surface area contributed by atoms with Crippen molar-refractivity contribution in [2.45, 2.75) is 18.7 Å². The molecule has 8 heteroatoms. The monoisotopic (exact) mass is 508 g/mol. The van der Waals surface area contributed by atoms with Crippen LogP contribution in [-0.4, -0.2) is 27.5 Å². The Bertz CT molecular complexity index is 1500. The molecule has 6 nitrogen and oxygen atoms in total. The number of hydrogen-bond donors (Lipinski definition) is 2. The number of nitrogens with one attached hydrogen (secondary N) is 2. The molecule has 0 unspecified atom stereocenters. The molecule has 0 heterocycles. The molecule has 4 rings (SSSR count). The highest BCUT2D eigenvalue weighted by Gasteiger charge is 2.20. The lowest BCUT2D eigenvalue weighted by Crippen LogP contribution is -2.28. The molecule has 0 aromatic heterocycles. The van der Waals surface area contributed by atoms with Crippen molar-refractivity contribution in [2.24, 2.45) is 0 Å². The summed E-state index contributed by atoms with van der Waals surface area (Å²) in [6, 6.07) is 23.1. The summed E-state index contributed by atoms with van der Waals surface area (Å²) in [4.78, 5) is 12.5. The maximum Gasteiger partial charge on any atom is 0.263 e. The summed E-state index contributed by atoms with van der Waals surface area (Å²) in [6.45, 7) is 4.34. The molecule has 35 heavy (non-hydrogen) atoms. The van der Waals surface area contributed by atoms with Crippen molar-refractivity contribution in [1.82, 2.24) is 5.32 Å². The van der Waals surface area contributed by atoms with E-state index in [1.165, 1.54) is 18.2 Å². The molecular weight excluding hydrogens is 484 g/mol. The summed E-state index contributed by atoms with van der Waals surface area (Å²) >= 11 is 6.18. The minimum atomic E-state index is -4.00. The molecular formula is C27H25ClN2O4S. The summed E-state index contributed by atoms with van der Waals surface area (Å²) in [5.41, 5.74) is 2.61. The zero-order valence-corrected chi connectivity index (χ0v) is 20.9. The predicted octanol–water partition coefficient (Wildman–Crippen LogP) is 5.72. The van der Waals surface area contributed by atoms with Crippen molar-refractivity contribution in [2.75, 3.05) is 17.9 Å². The van der Waals surface area contributed by atoms with Gasteiger partial charge in [0, 0.05) is 16.6 Å². The number of halogens is 1. The molecule has 2 N–H and O–H groups in total. The number of benzene rings is 4. The van der Waals surface area contributed by atoms with E-state index in [9.17, 15) is 13.2 Å². The molecule has 0 aliphatic carbocycles. The van der Waals surface area contributed by atoms with Crippen LogP contribution in [0.2, 0.25) is 5.02 Å². The Morgan fingerprint density at radius 1 is 0.914 bits per heavy atom. The molecule has 4 aromatic carbocycles. The van der Waals surface area contributed by atoms with Gasteiger partial charge in [-0.1, -0.05) is 54.1 Å². The van der Waals surface area contributed by atoms with E-state index in [2.05, 4.69) is 10.0 Å². The normalized spacial score (nSPS) is 11.3. The van der Waals surface area contributed by atoms with Crippen molar-refractivity contribution in [1.29, 1.82) is 0 Å². The first-order chi connectivity index (χ1) is 16.7. The van der Waals surface area contributed by atoms with Crippen molar-refractivity contribution in [3.63, 3.8) is 0 Å². The van der Waals surface area contributed by atoms with Gasteiger partial charge in [0.05, 0.1) is 11.6 Å². The molecule has 0 fully saturated rings. The van der Waals surface area contributed by atoms with Crippen LogP contribution in [0.1, 0.15) is 21.5 Å². The topological polar surface area (TPSA) is 84.5 Å². The fourth-order valence-electron chi connectivity index (χ4n) is 3.61. The van der Waals surface area contributed by atoms with Gasteiger partial charge in [0.2, 0.25) is 0 Å². The van der Waals surface area contributed by atoms with Crippen molar-refractivity contribution in [3.8, 4) is 5.75 Å². The maximum absolute atomic E-state index is 13.0. The summed E-state index contributed by atoms with van der Waals surface area (Å²) < 4.78 is 34.3. The molecule has 0 radical (unpaired) electrons. The van der Waals surface area contributed by atoms with Crippen LogP contribution in [0.25, 0.3) is 10.8 Å². The highest BCUT2D eigenvalue weighted by atomic mass is 35.5. The molecule has 0 saturated carbocycles. The second-order valence-electron chi connectivity index (χ2n) is 8.13. The number of sulfonamides is 1. The molecule has 4 aromatic rings. The van der Waals surface area contributed by atoms with Crippen LogP contribution in [0, 0.1) is 13.8 Å². The van der Waals surface area contributed by atoms with Gasteiger partial charge in [-0.15, -0.1) is 0 Å². The van der Waals surface area contributed by atoms with E-state index >= 15 is 0 Å². The number of rotatable bonds is 8. The number of carbonyl (C=O) groups excluding carboxylic acids is 1. The largest absolute Gasteiger partial charge is 0.491 e. The van der Waals surface area contributed by atoms with Gasteiger partial charge in [-0.2, -0.15) is 0 Å². The van der Waals surface area contributed by atoms with Crippen LogP contribution in [0.15, 0.2) is 83.8 Å². The van der Waals surface area contributed by atoms with Gasteiger partial charge in [0.15, 0.2) is 0 Å². The average molecular weight is 509 g/mol. The summed E-state index contributed by atoms with van der Waals surface area (Å²) in [6.07, 6.45) is 0. The van der Waals surface area contributed by atoms with Crippen molar-refractivity contribution >= 4 is 44.0 Å². The van der Waals surface area contributed by atoms with E-state index in [4.69, 9.17) is 16.3 Å². The van der Waals surface area contributed by atoms with Crippen molar-refractivity contribution < 1.29 is 17.9 Å². The Hall–Kier alpha value is -3.55. The zero-order chi connectivity index (χ0) is 25.0. The molecule has 0 saturated heterocycles. The van der Waals surface area contributed by atoms with Crippen LogP contribution in [-0.2, 0) is 10.0 Å². The number of fused-ring (bicyclic) bond motifs is 1. The van der Waals surface area contributed by atoms with Gasteiger partial charge in [-0.25, -0.2) is 8.42 Å². The highest BCUT2D eigenvalue weighted by molar-refractivity contribution is 7.92. The first kappa shape index (κ1) is 24.6. The van der Waals surface area contributed by atoms with Gasteiger partial charge in [-0.3, -0.25) is 9.52 Å². The van der Waals surface area contributed by atoms with Gasteiger partial charge in [0.1, 0.15) is 17.3 Å². The first-order valence-corrected chi connectivity index (χ1v) is 12.9. The Morgan fingerprint density at radius 3 is 2.49 bits per heavy atom. The van der Waals surface area contributed by atoms with Crippen LogP contribution in [0.4, 0.5) is 5.69 Å². The van der Waals surface area contributed by atoms with E-state index in [1.807, 2.05) is 62.4 Å². The molecule has 1 amide bonds.